The molecule has 3 heteroatoms. The highest BCUT2D eigenvalue weighted by Gasteiger charge is 2.26. The van der Waals surface area contributed by atoms with Crippen LogP contribution >= 0.6 is 0 Å². The molecule has 2 atom stereocenters. The average molecular weight is 186 g/mol. The highest BCUT2D eigenvalue weighted by Crippen LogP contribution is 2.24. The Morgan fingerprint density at radius 2 is 2.15 bits per heavy atom. The van der Waals surface area contributed by atoms with Gasteiger partial charge in [0.2, 0.25) is 0 Å². The van der Waals surface area contributed by atoms with E-state index >= 15 is 0 Å². The molecule has 0 aromatic rings. The van der Waals surface area contributed by atoms with Crippen molar-refractivity contribution in [3.8, 4) is 0 Å². The Bertz CT molecular complexity index is 153. The van der Waals surface area contributed by atoms with Gasteiger partial charge in [-0.3, -0.25) is 0 Å². The molecule has 0 spiro atoms. The van der Waals surface area contributed by atoms with Gasteiger partial charge in [-0.15, -0.1) is 0 Å². The van der Waals surface area contributed by atoms with Gasteiger partial charge in [-0.05, 0) is 39.2 Å². The Labute approximate surface area is 80.7 Å². The van der Waals surface area contributed by atoms with E-state index in [1.165, 1.54) is 19.3 Å². The molecule has 1 aliphatic rings. The monoisotopic (exact) mass is 186 g/mol. The van der Waals surface area contributed by atoms with Crippen molar-refractivity contribution in [3.63, 3.8) is 0 Å². The van der Waals surface area contributed by atoms with Crippen molar-refractivity contribution in [2.45, 2.75) is 44.8 Å². The van der Waals surface area contributed by atoms with Crippen LogP contribution in [0.25, 0.3) is 0 Å². The van der Waals surface area contributed by atoms with Crippen LogP contribution in [0.1, 0.15) is 33.1 Å². The van der Waals surface area contributed by atoms with Gasteiger partial charge in [0.1, 0.15) is 0 Å². The second-order valence-electron chi connectivity index (χ2n) is 4.73. The van der Waals surface area contributed by atoms with E-state index in [0.29, 0.717) is 18.5 Å². The van der Waals surface area contributed by atoms with Crippen molar-refractivity contribution < 1.29 is 5.11 Å². The molecule has 0 amide bonds. The van der Waals surface area contributed by atoms with E-state index in [1.807, 2.05) is 13.8 Å². The van der Waals surface area contributed by atoms with Gasteiger partial charge in [0, 0.05) is 12.6 Å². The van der Waals surface area contributed by atoms with Crippen LogP contribution in [0.2, 0.25) is 0 Å². The molecule has 0 saturated heterocycles. The van der Waals surface area contributed by atoms with Gasteiger partial charge in [0.25, 0.3) is 0 Å². The SMILES string of the molecule is CC(C)(O)CNC1CCCC1CN. The summed E-state index contributed by atoms with van der Waals surface area (Å²) in [6.45, 7) is 5.08. The zero-order chi connectivity index (χ0) is 9.90. The third-order valence-electron chi connectivity index (χ3n) is 2.76. The second kappa shape index (κ2) is 4.40. The van der Waals surface area contributed by atoms with Gasteiger partial charge in [0.15, 0.2) is 0 Å². The summed E-state index contributed by atoms with van der Waals surface area (Å²) >= 11 is 0. The van der Waals surface area contributed by atoms with Crippen molar-refractivity contribution in [1.29, 1.82) is 0 Å². The van der Waals surface area contributed by atoms with Crippen LogP contribution in [-0.4, -0.2) is 29.8 Å². The van der Waals surface area contributed by atoms with Crippen molar-refractivity contribution >= 4 is 0 Å². The number of nitrogens with one attached hydrogen (secondary N) is 1. The molecule has 0 aromatic heterocycles. The van der Waals surface area contributed by atoms with E-state index in [9.17, 15) is 5.11 Å². The number of aliphatic hydroxyl groups is 1. The third kappa shape index (κ3) is 3.63. The quantitative estimate of drug-likeness (QED) is 0.598. The molecule has 0 aliphatic heterocycles. The maximum atomic E-state index is 9.54. The first-order chi connectivity index (χ1) is 6.03. The number of nitrogens with two attached hydrogens (primary N) is 1. The third-order valence-corrected chi connectivity index (χ3v) is 2.76. The lowest BCUT2D eigenvalue weighted by molar-refractivity contribution is 0.0748. The van der Waals surface area contributed by atoms with Crippen LogP contribution in [0.3, 0.4) is 0 Å². The van der Waals surface area contributed by atoms with Crippen LogP contribution in [0, 0.1) is 5.92 Å². The number of hydrogen-bond acceptors (Lipinski definition) is 3. The Hall–Kier alpha value is -0.120. The fraction of sp³-hybridized carbons (Fsp3) is 1.00. The summed E-state index contributed by atoms with van der Waals surface area (Å²) in [5, 5.41) is 12.9. The Balaban J connectivity index is 2.28. The van der Waals surface area contributed by atoms with E-state index in [1.54, 1.807) is 0 Å². The van der Waals surface area contributed by atoms with E-state index < -0.39 is 5.60 Å². The van der Waals surface area contributed by atoms with Crippen molar-refractivity contribution in [2.24, 2.45) is 11.7 Å². The topological polar surface area (TPSA) is 58.3 Å². The van der Waals surface area contributed by atoms with Crippen molar-refractivity contribution in [1.82, 2.24) is 5.32 Å². The maximum Gasteiger partial charge on any atom is 0.0715 e. The predicted octanol–water partition coefficient (Wildman–Crippen LogP) is 0.474. The lowest BCUT2D eigenvalue weighted by Crippen LogP contribution is -2.43. The molecule has 1 aliphatic carbocycles. The van der Waals surface area contributed by atoms with Gasteiger partial charge in [0.05, 0.1) is 5.60 Å². The standard InChI is InChI=1S/C10H22N2O/c1-10(2,13)7-12-9-5-3-4-8(9)6-11/h8-9,12-13H,3-7,11H2,1-2H3. The van der Waals surface area contributed by atoms with E-state index in [4.69, 9.17) is 5.73 Å². The summed E-state index contributed by atoms with van der Waals surface area (Å²) in [6.07, 6.45) is 3.71. The molecule has 0 aromatic carbocycles. The Morgan fingerprint density at radius 3 is 2.69 bits per heavy atom. The summed E-state index contributed by atoms with van der Waals surface area (Å²) in [4.78, 5) is 0. The summed E-state index contributed by atoms with van der Waals surface area (Å²) in [5.41, 5.74) is 5.05. The Kier molecular flexibility index (Phi) is 3.71. The first kappa shape index (κ1) is 11.0. The molecule has 4 N–H and O–H groups in total. The average Bonchev–Trinajstić information content (AvgIpc) is 2.46. The molecule has 1 saturated carbocycles. The van der Waals surface area contributed by atoms with Gasteiger partial charge in [-0.25, -0.2) is 0 Å². The molecule has 0 radical (unpaired) electrons. The molecule has 1 rings (SSSR count). The van der Waals surface area contributed by atoms with Crippen LogP contribution in [0.15, 0.2) is 0 Å². The van der Waals surface area contributed by atoms with Crippen LogP contribution in [0.5, 0.6) is 0 Å². The molecule has 1 fully saturated rings. The largest absolute Gasteiger partial charge is 0.389 e. The van der Waals surface area contributed by atoms with Crippen molar-refractivity contribution in [2.75, 3.05) is 13.1 Å². The molecular formula is C10H22N2O. The van der Waals surface area contributed by atoms with E-state index in [0.717, 1.165) is 6.54 Å². The number of rotatable bonds is 4. The minimum Gasteiger partial charge on any atom is -0.389 e. The fourth-order valence-corrected chi connectivity index (χ4v) is 1.97. The zero-order valence-corrected chi connectivity index (χ0v) is 8.71. The summed E-state index contributed by atoms with van der Waals surface area (Å²) in [6, 6.07) is 0.524. The van der Waals surface area contributed by atoms with Crippen molar-refractivity contribution in [3.05, 3.63) is 0 Å². The summed E-state index contributed by atoms with van der Waals surface area (Å²) < 4.78 is 0. The Morgan fingerprint density at radius 1 is 1.46 bits per heavy atom. The van der Waals surface area contributed by atoms with Gasteiger partial charge in [-0.1, -0.05) is 6.42 Å². The zero-order valence-electron chi connectivity index (χ0n) is 8.71. The molecule has 0 bridgehead atoms. The van der Waals surface area contributed by atoms with E-state index in [2.05, 4.69) is 5.32 Å². The highest BCUT2D eigenvalue weighted by atomic mass is 16.3. The molecule has 78 valence electrons. The summed E-state index contributed by atoms with van der Waals surface area (Å²) in [7, 11) is 0. The fourth-order valence-electron chi connectivity index (χ4n) is 1.97. The maximum absolute atomic E-state index is 9.54. The van der Waals surface area contributed by atoms with Crippen LogP contribution in [0.4, 0.5) is 0 Å². The lowest BCUT2D eigenvalue weighted by Gasteiger charge is -2.24. The highest BCUT2D eigenvalue weighted by molar-refractivity contribution is 4.85. The first-order valence-corrected chi connectivity index (χ1v) is 5.19. The number of hydrogen-bond donors (Lipinski definition) is 3. The minimum atomic E-state index is -0.609. The smallest absolute Gasteiger partial charge is 0.0715 e. The minimum absolute atomic E-state index is 0.524. The lowest BCUT2D eigenvalue weighted by atomic mass is 10.0. The van der Waals surface area contributed by atoms with Crippen LogP contribution < -0.4 is 11.1 Å². The molecule has 0 heterocycles. The first-order valence-electron chi connectivity index (χ1n) is 5.19. The molecule has 13 heavy (non-hydrogen) atoms. The molecular weight excluding hydrogens is 164 g/mol. The summed E-state index contributed by atoms with van der Waals surface area (Å²) in [5.74, 6) is 0.613. The van der Waals surface area contributed by atoms with Gasteiger partial charge in [-0.2, -0.15) is 0 Å². The second-order valence-corrected chi connectivity index (χ2v) is 4.73. The van der Waals surface area contributed by atoms with E-state index in [-0.39, 0.29) is 0 Å². The van der Waals surface area contributed by atoms with Gasteiger partial charge < -0.3 is 16.2 Å². The van der Waals surface area contributed by atoms with Crippen LogP contribution in [-0.2, 0) is 0 Å². The van der Waals surface area contributed by atoms with Gasteiger partial charge >= 0.3 is 0 Å². The molecule has 2 unspecified atom stereocenters. The normalized spacial score (nSPS) is 29.5. The molecule has 3 nitrogen and oxygen atoms in total. The predicted molar refractivity (Wildman–Crippen MR) is 54.5 cm³/mol.